The molecule has 0 aliphatic carbocycles. The quantitative estimate of drug-likeness (QED) is 0.297. The third-order valence-electron chi connectivity index (χ3n) is 2.82. The van der Waals surface area contributed by atoms with Crippen LogP contribution in [0.4, 0.5) is 5.69 Å². The van der Waals surface area contributed by atoms with E-state index >= 15 is 0 Å². The number of hydrogen-bond donors (Lipinski definition) is 0. The Morgan fingerprint density at radius 3 is 2.36 bits per heavy atom. The maximum atomic E-state index is 11.7. The molecular weight excluding hydrogens is 296 g/mol. The van der Waals surface area contributed by atoms with E-state index in [0.29, 0.717) is 19.3 Å². The molecule has 0 bridgehead atoms. The Balaban J connectivity index is 2.26. The summed E-state index contributed by atoms with van der Waals surface area (Å²) in [5.41, 5.74) is 0.131. The van der Waals surface area contributed by atoms with Gasteiger partial charge in [0.15, 0.2) is 0 Å². The van der Waals surface area contributed by atoms with E-state index in [2.05, 4.69) is 4.84 Å². The van der Waals surface area contributed by atoms with Crippen LogP contribution in [0.25, 0.3) is 0 Å². The molecule has 22 heavy (non-hydrogen) atoms. The zero-order chi connectivity index (χ0) is 16.5. The molecule has 0 aromatic heterocycles. The van der Waals surface area contributed by atoms with Gasteiger partial charge in [0.2, 0.25) is 0 Å². The van der Waals surface area contributed by atoms with Crippen LogP contribution in [0, 0.1) is 20.2 Å². The molecule has 120 valence electrons. The summed E-state index contributed by atoms with van der Waals surface area (Å²) in [6, 6.07) is 5.11. The maximum Gasteiger partial charge on any atom is 0.338 e. The standard InChI is InChI=1S/C13H16N2O7/c1-10(22-15(19)20)4-2-3-9-21-13(16)11-5-7-12(8-6-11)14(17)18/h5-8,10H,2-4,9H2,1H3/t10-/m1/s1. The number of benzene rings is 1. The van der Waals surface area contributed by atoms with Crippen molar-refractivity contribution < 1.29 is 24.4 Å². The van der Waals surface area contributed by atoms with Gasteiger partial charge in [-0.05, 0) is 38.3 Å². The van der Waals surface area contributed by atoms with Crippen LogP contribution < -0.4 is 0 Å². The van der Waals surface area contributed by atoms with Crippen molar-refractivity contribution in [3.05, 3.63) is 50.1 Å². The fourth-order valence-electron chi connectivity index (χ4n) is 1.70. The SMILES string of the molecule is C[C@H](CCCCOC(=O)c1ccc([N+](=O)[O-])cc1)O[N+](=O)[O-]. The average molecular weight is 312 g/mol. The Labute approximate surface area is 126 Å². The summed E-state index contributed by atoms with van der Waals surface area (Å²) in [6.07, 6.45) is 1.14. The van der Waals surface area contributed by atoms with Gasteiger partial charge in [0, 0.05) is 12.1 Å². The second kappa shape index (κ2) is 8.55. The molecule has 9 heteroatoms. The first-order valence-corrected chi connectivity index (χ1v) is 6.63. The zero-order valence-electron chi connectivity index (χ0n) is 12.0. The molecule has 1 aromatic carbocycles. The van der Waals surface area contributed by atoms with Crippen LogP contribution in [-0.4, -0.2) is 28.7 Å². The Morgan fingerprint density at radius 2 is 1.82 bits per heavy atom. The van der Waals surface area contributed by atoms with Crippen molar-refractivity contribution in [2.45, 2.75) is 32.3 Å². The van der Waals surface area contributed by atoms with Crippen molar-refractivity contribution in [1.82, 2.24) is 0 Å². The molecule has 0 saturated carbocycles. The Kier molecular flexibility index (Phi) is 6.74. The van der Waals surface area contributed by atoms with Crippen molar-refractivity contribution in [2.75, 3.05) is 6.61 Å². The monoisotopic (exact) mass is 312 g/mol. The van der Waals surface area contributed by atoms with Gasteiger partial charge in [-0.3, -0.25) is 10.1 Å². The second-order valence-electron chi connectivity index (χ2n) is 4.58. The predicted octanol–water partition coefficient (Wildman–Crippen LogP) is 2.52. The smallest absolute Gasteiger partial charge is 0.338 e. The molecule has 0 saturated heterocycles. The van der Waals surface area contributed by atoms with E-state index in [9.17, 15) is 25.0 Å². The van der Waals surface area contributed by atoms with Crippen LogP contribution in [0.15, 0.2) is 24.3 Å². The van der Waals surface area contributed by atoms with E-state index in [1.165, 1.54) is 24.3 Å². The van der Waals surface area contributed by atoms with E-state index in [1.807, 2.05) is 0 Å². The maximum absolute atomic E-state index is 11.7. The summed E-state index contributed by atoms with van der Waals surface area (Å²) >= 11 is 0. The van der Waals surface area contributed by atoms with Crippen molar-refractivity contribution in [3.8, 4) is 0 Å². The fourth-order valence-corrected chi connectivity index (χ4v) is 1.70. The van der Waals surface area contributed by atoms with E-state index in [1.54, 1.807) is 6.92 Å². The summed E-state index contributed by atoms with van der Waals surface area (Å²) in [5.74, 6) is -0.565. The highest BCUT2D eigenvalue weighted by Gasteiger charge is 2.11. The number of nitrogens with zero attached hydrogens (tertiary/aromatic N) is 2. The van der Waals surface area contributed by atoms with E-state index in [-0.39, 0.29) is 17.9 Å². The van der Waals surface area contributed by atoms with Gasteiger partial charge in [-0.2, -0.15) is 0 Å². The molecule has 0 unspecified atom stereocenters. The summed E-state index contributed by atoms with van der Waals surface area (Å²) in [4.78, 5) is 36.0. The molecule has 0 aliphatic heterocycles. The molecule has 0 radical (unpaired) electrons. The molecule has 0 N–H and O–H groups in total. The lowest BCUT2D eigenvalue weighted by Gasteiger charge is -2.09. The van der Waals surface area contributed by atoms with Gasteiger partial charge in [0.05, 0.1) is 17.1 Å². The van der Waals surface area contributed by atoms with Gasteiger partial charge in [0.25, 0.3) is 10.8 Å². The third kappa shape index (κ3) is 6.16. The second-order valence-corrected chi connectivity index (χ2v) is 4.58. The number of ether oxygens (including phenoxy) is 1. The minimum absolute atomic E-state index is 0.101. The van der Waals surface area contributed by atoms with E-state index in [4.69, 9.17) is 4.74 Å². The molecule has 1 aromatic rings. The van der Waals surface area contributed by atoms with Crippen LogP contribution in [0.5, 0.6) is 0 Å². The Hall–Kier alpha value is -2.71. The summed E-state index contributed by atoms with van der Waals surface area (Å²) in [5, 5.41) is 19.7. The molecule has 0 fully saturated rings. The lowest BCUT2D eigenvalue weighted by molar-refractivity contribution is -0.767. The number of nitro groups is 1. The number of non-ortho nitro benzene ring substituents is 1. The van der Waals surface area contributed by atoms with Gasteiger partial charge in [-0.1, -0.05) is 0 Å². The summed E-state index contributed by atoms with van der Waals surface area (Å²) in [6.45, 7) is 1.76. The van der Waals surface area contributed by atoms with Crippen LogP contribution >= 0.6 is 0 Å². The van der Waals surface area contributed by atoms with Crippen LogP contribution in [0.2, 0.25) is 0 Å². The van der Waals surface area contributed by atoms with Crippen LogP contribution in [0.3, 0.4) is 0 Å². The molecule has 0 spiro atoms. The molecule has 9 nitrogen and oxygen atoms in total. The number of unbranched alkanes of at least 4 members (excludes halogenated alkanes) is 1. The molecule has 0 heterocycles. The van der Waals surface area contributed by atoms with E-state index < -0.39 is 22.1 Å². The van der Waals surface area contributed by atoms with Crippen LogP contribution in [0.1, 0.15) is 36.5 Å². The lowest BCUT2D eigenvalue weighted by atomic mass is 10.2. The van der Waals surface area contributed by atoms with Crippen LogP contribution in [-0.2, 0) is 9.57 Å². The first kappa shape index (κ1) is 17.3. The largest absolute Gasteiger partial charge is 0.462 e. The highest BCUT2D eigenvalue weighted by atomic mass is 17.0. The minimum atomic E-state index is -0.834. The Bertz CT molecular complexity index is 530. The average Bonchev–Trinajstić information content (AvgIpc) is 2.46. The Morgan fingerprint density at radius 1 is 1.18 bits per heavy atom. The third-order valence-corrected chi connectivity index (χ3v) is 2.82. The topological polar surface area (TPSA) is 122 Å². The number of hydrogen-bond acceptors (Lipinski definition) is 7. The molecule has 1 atom stereocenters. The highest BCUT2D eigenvalue weighted by Crippen LogP contribution is 2.13. The normalized spacial score (nSPS) is 11.5. The first-order valence-electron chi connectivity index (χ1n) is 6.63. The minimum Gasteiger partial charge on any atom is -0.462 e. The lowest BCUT2D eigenvalue weighted by Crippen LogP contribution is -2.13. The predicted molar refractivity (Wildman–Crippen MR) is 74.8 cm³/mol. The molecule has 1 rings (SSSR count). The summed E-state index contributed by atoms with van der Waals surface area (Å²) < 4.78 is 5.01. The van der Waals surface area contributed by atoms with Crippen molar-refractivity contribution in [2.24, 2.45) is 0 Å². The fraction of sp³-hybridized carbons (Fsp3) is 0.462. The first-order chi connectivity index (χ1) is 10.4. The highest BCUT2D eigenvalue weighted by molar-refractivity contribution is 5.89. The van der Waals surface area contributed by atoms with Gasteiger partial charge in [-0.15, -0.1) is 10.1 Å². The van der Waals surface area contributed by atoms with Crippen molar-refractivity contribution >= 4 is 11.7 Å². The molecule has 0 amide bonds. The van der Waals surface area contributed by atoms with Gasteiger partial charge in [-0.25, -0.2) is 4.79 Å². The number of rotatable bonds is 9. The zero-order valence-corrected chi connectivity index (χ0v) is 12.0. The number of carbonyl (C=O) groups excluding carboxylic acids is 1. The van der Waals surface area contributed by atoms with E-state index in [0.717, 1.165) is 0 Å². The van der Waals surface area contributed by atoms with Gasteiger partial charge < -0.3 is 9.57 Å². The molecular formula is C13H16N2O7. The molecule has 0 aliphatic rings. The summed E-state index contributed by atoms with van der Waals surface area (Å²) in [7, 11) is 0. The number of nitro benzene ring substituents is 1. The van der Waals surface area contributed by atoms with Gasteiger partial charge in [0.1, 0.15) is 6.10 Å². The van der Waals surface area contributed by atoms with Crippen molar-refractivity contribution in [1.29, 1.82) is 0 Å². The number of carbonyl (C=O) groups is 1. The van der Waals surface area contributed by atoms with Gasteiger partial charge >= 0.3 is 5.97 Å². The van der Waals surface area contributed by atoms with Crippen molar-refractivity contribution in [3.63, 3.8) is 0 Å². The number of esters is 1.